The third kappa shape index (κ3) is 3.73. The Balaban J connectivity index is 1.72. The van der Waals surface area contributed by atoms with E-state index in [-0.39, 0.29) is 5.91 Å². The van der Waals surface area contributed by atoms with Gasteiger partial charge in [0.05, 0.1) is 35.6 Å². The molecule has 1 unspecified atom stereocenters. The van der Waals surface area contributed by atoms with Crippen molar-refractivity contribution in [2.45, 2.75) is 26.5 Å². The summed E-state index contributed by atoms with van der Waals surface area (Å²) in [6.07, 6.45) is -0.585. The molecule has 148 valence electrons. The van der Waals surface area contributed by atoms with Crippen LogP contribution in [0.2, 0.25) is 0 Å². The predicted octanol–water partition coefficient (Wildman–Crippen LogP) is 4.22. The van der Waals surface area contributed by atoms with E-state index >= 15 is 0 Å². The Bertz CT molecular complexity index is 1090. The molecule has 2 aromatic carbocycles. The van der Waals surface area contributed by atoms with Crippen molar-refractivity contribution in [1.82, 2.24) is 4.98 Å². The molecule has 0 fully saturated rings. The molecule has 1 aliphatic rings. The molecular formula is C22H20N2O4S. The largest absolute Gasteiger partial charge is 0.479 e. The van der Waals surface area contributed by atoms with E-state index in [2.05, 4.69) is 4.98 Å². The van der Waals surface area contributed by atoms with Crippen molar-refractivity contribution in [2.75, 3.05) is 12.0 Å². The van der Waals surface area contributed by atoms with Crippen LogP contribution in [0.1, 0.15) is 27.9 Å². The van der Waals surface area contributed by atoms with E-state index in [1.54, 1.807) is 41.4 Å². The van der Waals surface area contributed by atoms with Crippen LogP contribution < -0.4 is 9.64 Å². The summed E-state index contributed by atoms with van der Waals surface area (Å²) in [7, 11) is 1.35. The van der Waals surface area contributed by atoms with Crippen LogP contribution in [0, 0.1) is 6.92 Å². The summed E-state index contributed by atoms with van der Waals surface area (Å²) in [6.45, 7) is 4.02. The number of rotatable bonds is 4. The molecule has 4 rings (SSSR count). The third-order valence-electron chi connectivity index (χ3n) is 4.77. The SMILES string of the molecule is COC(=O)c1cccc(CN2C(=O)C(C)Oc3ccc(-c4csc(C)n4)cc32)c1. The van der Waals surface area contributed by atoms with Crippen LogP contribution in [0.25, 0.3) is 11.3 Å². The molecule has 0 saturated carbocycles. The van der Waals surface area contributed by atoms with Crippen LogP contribution >= 0.6 is 11.3 Å². The first-order valence-corrected chi connectivity index (χ1v) is 10.1. The van der Waals surface area contributed by atoms with Gasteiger partial charge >= 0.3 is 5.97 Å². The molecular weight excluding hydrogens is 388 g/mol. The van der Waals surface area contributed by atoms with Crippen LogP contribution in [-0.2, 0) is 16.1 Å². The number of aryl methyl sites for hydroxylation is 1. The first-order valence-electron chi connectivity index (χ1n) is 9.18. The number of aromatic nitrogens is 1. The molecule has 1 aliphatic heterocycles. The number of methoxy groups -OCH3 is 1. The predicted molar refractivity (Wildman–Crippen MR) is 111 cm³/mol. The van der Waals surface area contributed by atoms with Crippen molar-refractivity contribution in [3.05, 3.63) is 64.0 Å². The fourth-order valence-electron chi connectivity index (χ4n) is 3.32. The lowest BCUT2D eigenvalue weighted by molar-refractivity contribution is -0.125. The Kier molecular flexibility index (Phi) is 5.07. The second-order valence-electron chi connectivity index (χ2n) is 6.81. The molecule has 7 heteroatoms. The standard InChI is InChI=1S/C22H20N2O4S/c1-13-21(25)24(11-15-5-4-6-17(9-15)22(26)27-3)19-10-16(7-8-20(19)28-13)18-12-29-14(2)23-18/h4-10,12-13H,11H2,1-3H3. The highest BCUT2D eigenvalue weighted by Crippen LogP contribution is 2.38. The molecule has 0 spiro atoms. The summed E-state index contributed by atoms with van der Waals surface area (Å²) in [5, 5.41) is 2.98. The van der Waals surface area contributed by atoms with Crippen molar-refractivity contribution < 1.29 is 19.1 Å². The Morgan fingerprint density at radius 3 is 2.83 bits per heavy atom. The van der Waals surface area contributed by atoms with Gasteiger partial charge in [0.15, 0.2) is 6.10 Å². The van der Waals surface area contributed by atoms with Gasteiger partial charge in [-0.3, -0.25) is 4.79 Å². The average Bonchev–Trinajstić information content (AvgIpc) is 3.17. The molecule has 0 bridgehead atoms. The highest BCUT2D eigenvalue weighted by atomic mass is 32.1. The zero-order valence-electron chi connectivity index (χ0n) is 16.3. The molecule has 1 amide bonds. The van der Waals surface area contributed by atoms with E-state index < -0.39 is 12.1 Å². The van der Waals surface area contributed by atoms with Crippen molar-refractivity contribution in [1.29, 1.82) is 0 Å². The van der Waals surface area contributed by atoms with Gasteiger partial charge in [-0.25, -0.2) is 9.78 Å². The molecule has 0 radical (unpaired) electrons. The minimum atomic E-state index is -0.585. The summed E-state index contributed by atoms with van der Waals surface area (Å²) in [5.41, 5.74) is 3.77. The van der Waals surface area contributed by atoms with Crippen LogP contribution in [0.15, 0.2) is 47.8 Å². The van der Waals surface area contributed by atoms with Crippen LogP contribution in [0.4, 0.5) is 5.69 Å². The summed E-state index contributed by atoms with van der Waals surface area (Å²) in [5.74, 6) is 0.111. The molecule has 0 saturated heterocycles. The Morgan fingerprint density at radius 2 is 2.10 bits per heavy atom. The molecule has 3 aromatic rings. The zero-order chi connectivity index (χ0) is 20.5. The van der Waals surface area contributed by atoms with Crippen molar-refractivity contribution in [2.24, 2.45) is 0 Å². The number of carbonyl (C=O) groups is 2. The molecule has 6 nitrogen and oxygen atoms in total. The highest BCUT2D eigenvalue weighted by molar-refractivity contribution is 7.09. The van der Waals surface area contributed by atoms with Gasteiger partial charge < -0.3 is 14.4 Å². The van der Waals surface area contributed by atoms with E-state index in [4.69, 9.17) is 9.47 Å². The lowest BCUT2D eigenvalue weighted by atomic mass is 10.1. The maximum Gasteiger partial charge on any atom is 0.337 e. The van der Waals surface area contributed by atoms with E-state index in [9.17, 15) is 9.59 Å². The molecule has 0 N–H and O–H groups in total. The number of thiazole rings is 1. The van der Waals surface area contributed by atoms with Crippen molar-refractivity contribution in [3.63, 3.8) is 0 Å². The van der Waals surface area contributed by atoms with E-state index in [1.807, 2.05) is 36.6 Å². The quantitative estimate of drug-likeness (QED) is 0.605. The number of benzene rings is 2. The molecule has 1 atom stereocenters. The number of carbonyl (C=O) groups excluding carboxylic acids is 2. The zero-order valence-corrected chi connectivity index (χ0v) is 17.2. The van der Waals surface area contributed by atoms with Crippen LogP contribution in [-0.4, -0.2) is 30.1 Å². The fourth-order valence-corrected chi connectivity index (χ4v) is 3.94. The maximum absolute atomic E-state index is 12.9. The topological polar surface area (TPSA) is 68.7 Å². The van der Waals surface area contributed by atoms with Crippen LogP contribution in [0.3, 0.4) is 0 Å². The first-order chi connectivity index (χ1) is 14.0. The number of amides is 1. The molecule has 29 heavy (non-hydrogen) atoms. The number of esters is 1. The normalized spacial score (nSPS) is 15.6. The number of hydrogen-bond acceptors (Lipinski definition) is 6. The van der Waals surface area contributed by atoms with Gasteiger partial charge in [0, 0.05) is 10.9 Å². The van der Waals surface area contributed by atoms with Crippen molar-refractivity contribution >= 4 is 28.9 Å². The van der Waals surface area contributed by atoms with Gasteiger partial charge in [0.25, 0.3) is 5.91 Å². The van der Waals surface area contributed by atoms with Gasteiger partial charge in [0.2, 0.25) is 0 Å². The number of ether oxygens (including phenoxy) is 2. The number of anilines is 1. The lowest BCUT2D eigenvalue weighted by Crippen LogP contribution is -2.44. The minimum absolute atomic E-state index is 0.132. The average molecular weight is 408 g/mol. The highest BCUT2D eigenvalue weighted by Gasteiger charge is 2.32. The van der Waals surface area contributed by atoms with Crippen molar-refractivity contribution in [3.8, 4) is 17.0 Å². The third-order valence-corrected chi connectivity index (χ3v) is 5.54. The smallest absolute Gasteiger partial charge is 0.337 e. The number of nitrogens with zero attached hydrogens (tertiary/aromatic N) is 2. The molecule has 0 aliphatic carbocycles. The summed E-state index contributed by atoms with van der Waals surface area (Å²) < 4.78 is 10.6. The van der Waals surface area contributed by atoms with Gasteiger partial charge in [-0.1, -0.05) is 12.1 Å². The monoisotopic (exact) mass is 408 g/mol. The first kappa shape index (κ1) is 19.1. The summed E-state index contributed by atoms with van der Waals surface area (Å²) >= 11 is 1.58. The van der Waals surface area contributed by atoms with Gasteiger partial charge in [0.1, 0.15) is 5.75 Å². The number of hydrogen-bond donors (Lipinski definition) is 0. The van der Waals surface area contributed by atoms with Gasteiger partial charge in [-0.15, -0.1) is 11.3 Å². The summed E-state index contributed by atoms with van der Waals surface area (Å²) in [6, 6.07) is 12.9. The number of fused-ring (bicyclic) bond motifs is 1. The maximum atomic E-state index is 12.9. The van der Waals surface area contributed by atoms with E-state index in [1.165, 1.54) is 7.11 Å². The fraction of sp³-hybridized carbons (Fsp3) is 0.227. The molecule has 1 aromatic heterocycles. The van der Waals surface area contributed by atoms with E-state index in [0.717, 1.165) is 21.8 Å². The Morgan fingerprint density at radius 1 is 1.28 bits per heavy atom. The van der Waals surface area contributed by atoms with Crippen LogP contribution in [0.5, 0.6) is 5.75 Å². The second kappa shape index (κ2) is 7.67. The lowest BCUT2D eigenvalue weighted by Gasteiger charge is -2.33. The van der Waals surface area contributed by atoms with E-state index in [0.29, 0.717) is 23.5 Å². The Labute approximate surface area is 172 Å². The van der Waals surface area contributed by atoms with Gasteiger partial charge in [-0.05, 0) is 49.7 Å². The Hall–Kier alpha value is -3.19. The summed E-state index contributed by atoms with van der Waals surface area (Å²) in [4.78, 5) is 31.0. The van der Waals surface area contributed by atoms with Gasteiger partial charge in [-0.2, -0.15) is 0 Å². The minimum Gasteiger partial charge on any atom is -0.479 e. The molecule has 2 heterocycles. The second-order valence-corrected chi connectivity index (χ2v) is 7.87.